The Morgan fingerprint density at radius 3 is 2.39 bits per heavy atom. The summed E-state index contributed by atoms with van der Waals surface area (Å²) in [5.74, 6) is -0.492. The molecule has 0 atom stereocenters. The van der Waals surface area contributed by atoms with Crippen LogP contribution in [0.3, 0.4) is 0 Å². The summed E-state index contributed by atoms with van der Waals surface area (Å²) in [6, 6.07) is 9.96. The van der Waals surface area contributed by atoms with E-state index in [9.17, 15) is 23.3 Å². The average Bonchev–Trinajstić information content (AvgIpc) is 2.70. The third kappa shape index (κ3) is 4.19. The highest BCUT2D eigenvalue weighted by atomic mass is 32.2. The van der Waals surface area contributed by atoms with Crippen LogP contribution in [0.15, 0.2) is 47.4 Å². The number of rotatable bonds is 5. The summed E-state index contributed by atoms with van der Waals surface area (Å²) >= 11 is 0. The van der Waals surface area contributed by atoms with Crippen molar-refractivity contribution in [1.29, 1.82) is 0 Å². The van der Waals surface area contributed by atoms with E-state index < -0.39 is 20.9 Å². The Labute approximate surface area is 162 Å². The van der Waals surface area contributed by atoms with Crippen molar-refractivity contribution in [2.75, 3.05) is 31.6 Å². The van der Waals surface area contributed by atoms with E-state index in [0.717, 1.165) is 0 Å². The number of nitrogens with one attached hydrogen (secondary N) is 1. The van der Waals surface area contributed by atoms with Gasteiger partial charge in [0.15, 0.2) is 0 Å². The van der Waals surface area contributed by atoms with Gasteiger partial charge in [-0.3, -0.25) is 14.9 Å². The molecule has 0 radical (unpaired) electrons. The van der Waals surface area contributed by atoms with Gasteiger partial charge in [-0.25, -0.2) is 8.42 Å². The molecular formula is C18H19N3O6S. The Morgan fingerprint density at radius 2 is 1.79 bits per heavy atom. The maximum Gasteiger partial charge on any atom is 0.274 e. The molecule has 0 bridgehead atoms. The van der Waals surface area contributed by atoms with Gasteiger partial charge in [0.2, 0.25) is 10.0 Å². The molecule has 1 aliphatic rings. The topological polar surface area (TPSA) is 119 Å². The zero-order valence-electron chi connectivity index (χ0n) is 15.1. The number of anilines is 1. The summed E-state index contributed by atoms with van der Waals surface area (Å²) in [5, 5.41) is 13.6. The van der Waals surface area contributed by atoms with Crippen molar-refractivity contribution in [2.24, 2.45) is 0 Å². The highest BCUT2D eigenvalue weighted by molar-refractivity contribution is 7.89. The molecule has 0 saturated carbocycles. The highest BCUT2D eigenvalue weighted by Crippen LogP contribution is 2.23. The number of sulfonamides is 1. The number of nitro groups is 1. The number of amides is 1. The Morgan fingerprint density at radius 1 is 1.14 bits per heavy atom. The first-order chi connectivity index (χ1) is 13.3. The van der Waals surface area contributed by atoms with Crippen LogP contribution in [0.4, 0.5) is 11.4 Å². The van der Waals surface area contributed by atoms with E-state index in [1.54, 1.807) is 19.1 Å². The number of carbonyl (C=O) groups is 1. The van der Waals surface area contributed by atoms with Crippen LogP contribution in [-0.4, -0.2) is 49.9 Å². The van der Waals surface area contributed by atoms with E-state index in [-0.39, 0.29) is 34.9 Å². The van der Waals surface area contributed by atoms with Crippen LogP contribution in [0.25, 0.3) is 0 Å². The highest BCUT2D eigenvalue weighted by Gasteiger charge is 2.26. The lowest BCUT2D eigenvalue weighted by molar-refractivity contribution is -0.385. The normalized spacial score (nSPS) is 15.2. The lowest BCUT2D eigenvalue weighted by Gasteiger charge is -2.26. The first-order valence-corrected chi connectivity index (χ1v) is 9.97. The van der Waals surface area contributed by atoms with Gasteiger partial charge in [0.05, 0.1) is 23.0 Å². The summed E-state index contributed by atoms with van der Waals surface area (Å²) in [6.45, 7) is 2.88. The van der Waals surface area contributed by atoms with E-state index in [4.69, 9.17) is 4.74 Å². The lowest BCUT2D eigenvalue weighted by atomic mass is 10.1. The van der Waals surface area contributed by atoms with Crippen molar-refractivity contribution in [3.63, 3.8) is 0 Å². The lowest BCUT2D eigenvalue weighted by Crippen LogP contribution is -2.40. The minimum absolute atomic E-state index is 0.0928. The summed E-state index contributed by atoms with van der Waals surface area (Å²) in [4.78, 5) is 23.0. The zero-order valence-corrected chi connectivity index (χ0v) is 15.9. The molecule has 0 unspecified atom stereocenters. The minimum Gasteiger partial charge on any atom is -0.379 e. The van der Waals surface area contributed by atoms with E-state index in [0.29, 0.717) is 18.8 Å². The second-order valence-corrected chi connectivity index (χ2v) is 8.19. The number of carbonyl (C=O) groups excluding carboxylic acids is 1. The van der Waals surface area contributed by atoms with Gasteiger partial charge in [-0.1, -0.05) is 6.07 Å². The predicted molar refractivity (Wildman–Crippen MR) is 102 cm³/mol. The summed E-state index contributed by atoms with van der Waals surface area (Å²) in [7, 11) is -3.64. The fourth-order valence-corrected chi connectivity index (χ4v) is 4.21. The van der Waals surface area contributed by atoms with Crippen LogP contribution in [0, 0.1) is 17.0 Å². The molecule has 1 heterocycles. The SMILES string of the molecule is Cc1ccc(NC(=O)c2ccc(S(=O)(=O)N3CCOCC3)cc2)cc1[N+](=O)[O-]. The average molecular weight is 405 g/mol. The maximum atomic E-state index is 12.6. The Bertz CT molecular complexity index is 998. The van der Waals surface area contributed by atoms with Gasteiger partial charge in [-0.05, 0) is 37.3 Å². The molecule has 148 valence electrons. The fraction of sp³-hybridized carbons (Fsp3) is 0.278. The monoisotopic (exact) mass is 405 g/mol. The van der Waals surface area contributed by atoms with Gasteiger partial charge in [0.25, 0.3) is 11.6 Å². The van der Waals surface area contributed by atoms with Gasteiger partial charge in [0.1, 0.15) is 0 Å². The Kier molecular flexibility index (Phi) is 5.73. The number of hydrogen-bond donors (Lipinski definition) is 1. The standard InChI is InChI=1S/C18H19N3O6S/c1-13-2-5-15(12-17(13)21(23)24)19-18(22)14-3-6-16(7-4-14)28(25,26)20-8-10-27-11-9-20/h2-7,12H,8-11H2,1H3,(H,19,22). The summed E-state index contributed by atoms with van der Waals surface area (Å²) < 4.78 is 31.7. The molecule has 9 nitrogen and oxygen atoms in total. The molecule has 1 saturated heterocycles. The predicted octanol–water partition coefficient (Wildman–Crippen LogP) is 2.18. The molecule has 1 aliphatic heterocycles. The molecule has 3 rings (SSSR count). The molecule has 1 amide bonds. The third-order valence-corrected chi connectivity index (χ3v) is 6.30. The van der Waals surface area contributed by atoms with E-state index >= 15 is 0 Å². The quantitative estimate of drug-likeness (QED) is 0.601. The molecule has 0 aromatic heterocycles. The van der Waals surface area contributed by atoms with Gasteiger partial charge >= 0.3 is 0 Å². The van der Waals surface area contributed by atoms with Crippen molar-refractivity contribution in [1.82, 2.24) is 4.31 Å². The molecule has 2 aromatic rings. The number of ether oxygens (including phenoxy) is 1. The number of nitrogens with zero attached hydrogens (tertiary/aromatic N) is 2. The summed E-state index contributed by atoms with van der Waals surface area (Å²) in [6.07, 6.45) is 0. The van der Waals surface area contributed by atoms with E-state index in [2.05, 4.69) is 5.32 Å². The fourth-order valence-electron chi connectivity index (χ4n) is 2.80. The molecule has 10 heteroatoms. The Balaban J connectivity index is 1.75. The van der Waals surface area contributed by atoms with E-state index in [1.807, 2.05) is 0 Å². The van der Waals surface area contributed by atoms with Crippen LogP contribution < -0.4 is 5.32 Å². The number of aryl methyl sites for hydroxylation is 1. The first kappa shape index (κ1) is 19.9. The Hall–Kier alpha value is -2.82. The second kappa shape index (κ2) is 8.05. The molecular weight excluding hydrogens is 386 g/mol. The summed E-state index contributed by atoms with van der Waals surface area (Å²) in [5.41, 5.74) is 0.918. The molecule has 28 heavy (non-hydrogen) atoms. The van der Waals surface area contributed by atoms with Gasteiger partial charge in [-0.15, -0.1) is 0 Å². The van der Waals surface area contributed by atoms with Gasteiger partial charge in [0, 0.05) is 36.0 Å². The van der Waals surface area contributed by atoms with Crippen molar-refractivity contribution in [3.8, 4) is 0 Å². The van der Waals surface area contributed by atoms with E-state index in [1.165, 1.54) is 34.6 Å². The number of nitro benzene ring substituents is 1. The van der Waals surface area contributed by atoms with Crippen molar-refractivity contribution in [3.05, 3.63) is 63.7 Å². The van der Waals surface area contributed by atoms with Crippen molar-refractivity contribution >= 4 is 27.3 Å². The zero-order chi connectivity index (χ0) is 20.3. The number of hydrogen-bond acceptors (Lipinski definition) is 6. The van der Waals surface area contributed by atoms with Crippen LogP contribution in [0.2, 0.25) is 0 Å². The van der Waals surface area contributed by atoms with Crippen molar-refractivity contribution in [2.45, 2.75) is 11.8 Å². The number of benzene rings is 2. The largest absolute Gasteiger partial charge is 0.379 e. The molecule has 0 spiro atoms. The first-order valence-electron chi connectivity index (χ1n) is 8.53. The van der Waals surface area contributed by atoms with Crippen molar-refractivity contribution < 1.29 is 22.9 Å². The third-order valence-electron chi connectivity index (χ3n) is 4.39. The second-order valence-electron chi connectivity index (χ2n) is 6.25. The maximum absolute atomic E-state index is 12.6. The molecule has 1 fully saturated rings. The van der Waals surface area contributed by atoms with Crippen LogP contribution >= 0.6 is 0 Å². The van der Waals surface area contributed by atoms with Crippen LogP contribution in [0.1, 0.15) is 15.9 Å². The van der Waals surface area contributed by atoms with Crippen LogP contribution in [0.5, 0.6) is 0 Å². The van der Waals surface area contributed by atoms with Gasteiger partial charge < -0.3 is 10.1 Å². The number of morpholine rings is 1. The molecule has 2 aromatic carbocycles. The van der Waals surface area contributed by atoms with Gasteiger partial charge in [-0.2, -0.15) is 4.31 Å². The van der Waals surface area contributed by atoms with Crippen LogP contribution in [-0.2, 0) is 14.8 Å². The molecule has 0 aliphatic carbocycles. The smallest absolute Gasteiger partial charge is 0.274 e. The minimum atomic E-state index is -3.64. The molecule has 1 N–H and O–H groups in total.